The molecule has 5 rings (SSSR count). The molecule has 1 aromatic carbocycles. The summed E-state index contributed by atoms with van der Waals surface area (Å²) in [5.74, 6) is -0.404. The Bertz CT molecular complexity index is 1080. The van der Waals surface area contributed by atoms with Crippen LogP contribution in [0.2, 0.25) is 0 Å². The second-order valence-electron chi connectivity index (χ2n) is 10.7. The van der Waals surface area contributed by atoms with E-state index in [9.17, 15) is 18.0 Å². The van der Waals surface area contributed by atoms with Gasteiger partial charge in [-0.3, -0.25) is 4.79 Å². The summed E-state index contributed by atoms with van der Waals surface area (Å²) >= 11 is 0. The van der Waals surface area contributed by atoms with Crippen molar-refractivity contribution in [3.05, 3.63) is 35.4 Å². The van der Waals surface area contributed by atoms with E-state index in [2.05, 4.69) is 28.9 Å². The zero-order chi connectivity index (χ0) is 25.4. The first-order valence-corrected chi connectivity index (χ1v) is 12.8. The summed E-state index contributed by atoms with van der Waals surface area (Å²) in [6.07, 6.45) is 4.13. The Hall–Kier alpha value is -2.78. The van der Waals surface area contributed by atoms with E-state index in [0.29, 0.717) is 36.1 Å². The average Bonchev–Trinajstić information content (AvgIpc) is 3.41. The molecular weight excluding hydrogens is 473 g/mol. The van der Waals surface area contributed by atoms with E-state index in [1.807, 2.05) is 0 Å². The van der Waals surface area contributed by atoms with Crippen molar-refractivity contribution in [3.8, 4) is 5.75 Å². The number of halogens is 3. The third-order valence-corrected chi connectivity index (χ3v) is 7.66. The number of rotatable bonds is 9. The molecule has 1 amide bonds. The van der Waals surface area contributed by atoms with Crippen molar-refractivity contribution in [1.29, 1.82) is 0 Å². The van der Waals surface area contributed by atoms with Crippen LogP contribution in [0.5, 0.6) is 5.75 Å². The number of carbonyl (C=O) groups is 1. The Morgan fingerprint density at radius 3 is 2.64 bits per heavy atom. The van der Waals surface area contributed by atoms with Gasteiger partial charge in [-0.25, -0.2) is 13.2 Å². The van der Waals surface area contributed by atoms with Crippen molar-refractivity contribution in [1.82, 2.24) is 15.0 Å². The van der Waals surface area contributed by atoms with Crippen molar-refractivity contribution in [2.75, 3.05) is 37.7 Å². The SMILES string of the molecule is CC(C)c1noc(N2CCC([C@H]3CC3CCOc3ccc(CC(=O)N4CC(F)(F)C4)c(F)c3)CC2)n1. The van der Waals surface area contributed by atoms with E-state index in [-0.39, 0.29) is 17.9 Å². The van der Waals surface area contributed by atoms with Gasteiger partial charge in [0.05, 0.1) is 26.1 Å². The van der Waals surface area contributed by atoms with Gasteiger partial charge in [0.15, 0.2) is 5.82 Å². The van der Waals surface area contributed by atoms with Crippen LogP contribution in [0.3, 0.4) is 0 Å². The summed E-state index contributed by atoms with van der Waals surface area (Å²) in [5, 5.41) is 4.06. The van der Waals surface area contributed by atoms with Gasteiger partial charge in [0, 0.05) is 25.1 Å². The first kappa shape index (κ1) is 24.9. The van der Waals surface area contributed by atoms with Crippen molar-refractivity contribution in [2.24, 2.45) is 17.8 Å². The lowest BCUT2D eigenvalue weighted by molar-refractivity contribution is -0.165. The van der Waals surface area contributed by atoms with Crippen LogP contribution in [0, 0.1) is 23.6 Å². The van der Waals surface area contributed by atoms with Crippen LogP contribution in [0.4, 0.5) is 19.2 Å². The average molecular weight is 507 g/mol. The number of likely N-dealkylation sites (tertiary alicyclic amines) is 1. The summed E-state index contributed by atoms with van der Waals surface area (Å²) in [6.45, 7) is 5.29. The van der Waals surface area contributed by atoms with E-state index in [4.69, 9.17) is 9.26 Å². The Morgan fingerprint density at radius 2 is 2.00 bits per heavy atom. The minimum atomic E-state index is -2.82. The highest BCUT2D eigenvalue weighted by molar-refractivity contribution is 5.79. The fraction of sp³-hybridized carbons (Fsp3) is 0.654. The van der Waals surface area contributed by atoms with Crippen LogP contribution in [0.15, 0.2) is 22.7 Å². The van der Waals surface area contributed by atoms with Gasteiger partial charge in [0.25, 0.3) is 5.92 Å². The van der Waals surface area contributed by atoms with Crippen LogP contribution in [0.25, 0.3) is 0 Å². The molecule has 2 atom stereocenters. The second-order valence-corrected chi connectivity index (χ2v) is 10.7. The number of anilines is 1. The van der Waals surface area contributed by atoms with E-state index < -0.39 is 30.7 Å². The largest absolute Gasteiger partial charge is 0.493 e. The number of nitrogens with zero attached hydrogens (tertiary/aromatic N) is 4. The molecule has 2 aromatic rings. The summed E-state index contributed by atoms with van der Waals surface area (Å²) < 4.78 is 51.5. The molecule has 196 valence electrons. The van der Waals surface area contributed by atoms with E-state index in [1.54, 1.807) is 6.07 Å². The Balaban J connectivity index is 1.01. The highest BCUT2D eigenvalue weighted by Gasteiger charge is 2.46. The van der Waals surface area contributed by atoms with Gasteiger partial charge in [-0.15, -0.1) is 0 Å². The summed E-state index contributed by atoms with van der Waals surface area (Å²) in [5.41, 5.74) is 0.192. The molecule has 2 aliphatic heterocycles. The van der Waals surface area contributed by atoms with Crippen molar-refractivity contribution >= 4 is 11.9 Å². The zero-order valence-electron chi connectivity index (χ0n) is 20.8. The number of amides is 1. The molecule has 36 heavy (non-hydrogen) atoms. The topological polar surface area (TPSA) is 71.7 Å². The van der Waals surface area contributed by atoms with Crippen molar-refractivity contribution in [3.63, 3.8) is 0 Å². The maximum absolute atomic E-state index is 14.4. The normalized spacial score (nSPS) is 23.6. The molecule has 3 fully saturated rings. The fourth-order valence-electron chi connectivity index (χ4n) is 5.34. The number of alkyl halides is 2. The maximum atomic E-state index is 14.4. The molecule has 0 radical (unpaired) electrons. The van der Waals surface area contributed by atoms with Gasteiger partial charge >= 0.3 is 6.01 Å². The van der Waals surface area contributed by atoms with Crippen LogP contribution in [-0.2, 0) is 11.2 Å². The summed E-state index contributed by atoms with van der Waals surface area (Å²) in [4.78, 5) is 19.8. The van der Waals surface area contributed by atoms with E-state index in [1.165, 1.54) is 18.6 Å². The lowest BCUT2D eigenvalue weighted by Crippen LogP contribution is -2.58. The molecule has 1 aliphatic carbocycles. The van der Waals surface area contributed by atoms with Crippen LogP contribution >= 0.6 is 0 Å². The molecule has 3 heterocycles. The predicted molar refractivity (Wildman–Crippen MR) is 127 cm³/mol. The molecule has 0 bridgehead atoms. The molecule has 10 heteroatoms. The number of aromatic nitrogens is 2. The number of benzene rings is 1. The Kier molecular flexibility index (Phi) is 6.87. The first-order chi connectivity index (χ1) is 17.2. The third-order valence-electron chi connectivity index (χ3n) is 7.66. The highest BCUT2D eigenvalue weighted by Crippen LogP contribution is 2.50. The number of hydrogen-bond acceptors (Lipinski definition) is 6. The van der Waals surface area contributed by atoms with Crippen molar-refractivity contribution in [2.45, 2.75) is 57.8 Å². The molecule has 1 unspecified atom stereocenters. The fourth-order valence-corrected chi connectivity index (χ4v) is 5.34. The second kappa shape index (κ2) is 9.94. The standard InChI is InChI=1S/C26H33F3N4O3/c1-16(2)24-30-25(36-31-24)32-8-5-17(6-9-32)21-11-18(21)7-10-35-20-4-3-19(22(27)13-20)12-23(34)33-14-26(28,29)15-33/h3-4,13,16-18,21H,5-12,14-15H2,1-2H3/t18?,21-/m1/s1. The van der Waals surface area contributed by atoms with E-state index in [0.717, 1.165) is 43.1 Å². The minimum Gasteiger partial charge on any atom is -0.493 e. The molecule has 0 N–H and O–H groups in total. The first-order valence-electron chi connectivity index (χ1n) is 12.8. The molecular formula is C26H33F3N4O3. The number of carbonyl (C=O) groups excluding carboxylic acids is 1. The molecule has 1 saturated carbocycles. The number of piperidine rings is 1. The monoisotopic (exact) mass is 506 g/mol. The zero-order valence-corrected chi connectivity index (χ0v) is 20.8. The lowest BCUT2D eigenvalue weighted by atomic mass is 9.90. The van der Waals surface area contributed by atoms with Crippen LogP contribution in [0.1, 0.15) is 56.8 Å². The van der Waals surface area contributed by atoms with Gasteiger partial charge in [0.1, 0.15) is 11.6 Å². The number of hydrogen-bond donors (Lipinski definition) is 0. The van der Waals surface area contributed by atoms with Crippen molar-refractivity contribution < 1.29 is 27.2 Å². The third kappa shape index (κ3) is 5.62. The minimum absolute atomic E-state index is 0.192. The maximum Gasteiger partial charge on any atom is 0.324 e. The Morgan fingerprint density at radius 1 is 1.25 bits per heavy atom. The summed E-state index contributed by atoms with van der Waals surface area (Å²) in [7, 11) is 0. The molecule has 1 aromatic heterocycles. The molecule has 3 aliphatic rings. The predicted octanol–water partition coefficient (Wildman–Crippen LogP) is 4.67. The Labute approximate surface area is 209 Å². The van der Waals surface area contributed by atoms with Gasteiger partial charge in [-0.05, 0) is 55.1 Å². The van der Waals surface area contributed by atoms with Gasteiger partial charge in [-0.2, -0.15) is 4.98 Å². The van der Waals surface area contributed by atoms with Gasteiger partial charge in [-0.1, -0.05) is 25.1 Å². The quantitative estimate of drug-likeness (QED) is 0.492. The molecule has 0 spiro atoms. The van der Waals surface area contributed by atoms with Crippen LogP contribution in [-0.4, -0.2) is 59.7 Å². The smallest absolute Gasteiger partial charge is 0.324 e. The van der Waals surface area contributed by atoms with Gasteiger partial charge in [0.2, 0.25) is 5.91 Å². The van der Waals surface area contributed by atoms with Gasteiger partial charge < -0.3 is 19.1 Å². The molecule has 7 nitrogen and oxygen atoms in total. The lowest BCUT2D eigenvalue weighted by Gasteiger charge is -2.38. The molecule has 2 saturated heterocycles. The summed E-state index contributed by atoms with van der Waals surface area (Å²) in [6, 6.07) is 5.04. The number of ether oxygens (including phenoxy) is 1. The highest BCUT2D eigenvalue weighted by atomic mass is 19.3. The van der Waals surface area contributed by atoms with Crippen LogP contribution < -0.4 is 9.64 Å². The van der Waals surface area contributed by atoms with E-state index >= 15 is 0 Å².